The zero-order valence-electron chi connectivity index (χ0n) is 50.6. The largest absolute Gasteiger partial charge is 0.502 e. The summed E-state index contributed by atoms with van der Waals surface area (Å²) in [5.74, 6) is 1.74. The Balaban J connectivity index is 0. The molecule has 0 aliphatic rings. The van der Waals surface area contributed by atoms with Gasteiger partial charge in [0.25, 0.3) is 0 Å². The Hall–Kier alpha value is -3.84. The van der Waals surface area contributed by atoms with Gasteiger partial charge in [0.1, 0.15) is 0 Å². The van der Waals surface area contributed by atoms with Crippen molar-refractivity contribution in [3.63, 3.8) is 0 Å². The molecule has 0 saturated carbocycles. The molecule has 0 fully saturated rings. The molecule has 0 aliphatic heterocycles. The zero-order chi connectivity index (χ0) is 56.7. The van der Waals surface area contributed by atoms with Crippen LogP contribution in [-0.4, -0.2) is 90.2 Å². The van der Waals surface area contributed by atoms with E-state index in [0.717, 1.165) is 115 Å². The number of hydrogen-bond acceptors (Lipinski definition) is 10. The normalized spacial score (nSPS) is 11.6. The van der Waals surface area contributed by atoms with Gasteiger partial charge in [0.05, 0.1) is 52.2 Å². The first kappa shape index (κ1) is 77.2. The van der Waals surface area contributed by atoms with E-state index >= 15 is 0 Å². The van der Waals surface area contributed by atoms with Crippen LogP contribution >= 0.6 is 0 Å². The van der Waals surface area contributed by atoms with Crippen LogP contribution in [0.1, 0.15) is 291 Å². The first-order chi connectivity index (χ1) is 38.4. The fourth-order valence-electron chi connectivity index (χ4n) is 9.96. The molecule has 466 valence electrons. The van der Waals surface area contributed by atoms with Crippen LogP contribution in [0.2, 0.25) is 0 Å². The number of carbonyl (C=O) groups is 4. The smallest absolute Gasteiger partial charge is 0.407 e. The van der Waals surface area contributed by atoms with Gasteiger partial charge in [-0.05, 0) is 76.0 Å². The molecule has 0 saturated heterocycles. The van der Waals surface area contributed by atoms with Crippen LogP contribution in [0, 0.1) is 11.8 Å². The van der Waals surface area contributed by atoms with Crippen LogP contribution in [0.5, 0.6) is 0 Å². The maximum absolute atomic E-state index is 12.2. The first-order valence-corrected chi connectivity index (χ1v) is 32.4. The van der Waals surface area contributed by atoms with Gasteiger partial charge in [0.15, 0.2) is 0 Å². The number of amides is 4. The fraction of sp³-hybridized carbons (Fsp3) is 0.877. The third kappa shape index (κ3) is 60.1. The summed E-state index contributed by atoms with van der Waals surface area (Å²) in [5.41, 5.74) is 0. The van der Waals surface area contributed by atoms with Crippen molar-refractivity contribution in [2.45, 2.75) is 291 Å². The van der Waals surface area contributed by atoms with Gasteiger partial charge in [0, 0.05) is 26.2 Å². The molecule has 0 spiro atoms. The van der Waals surface area contributed by atoms with Crippen LogP contribution < -0.4 is 21.3 Å². The second kappa shape index (κ2) is 65.0. The summed E-state index contributed by atoms with van der Waals surface area (Å²) in [6, 6.07) is 0. The van der Waals surface area contributed by atoms with Gasteiger partial charge in [-0.3, -0.25) is 0 Å². The summed E-state index contributed by atoms with van der Waals surface area (Å²) in [4.78, 5) is 47.8. The predicted octanol–water partition coefficient (Wildman–Crippen LogP) is 18.5. The van der Waals surface area contributed by atoms with Gasteiger partial charge in [-0.2, -0.15) is 0 Å². The lowest BCUT2D eigenvalue weighted by Gasteiger charge is -2.28. The number of rotatable bonds is 61. The summed E-state index contributed by atoms with van der Waals surface area (Å²) >= 11 is 0. The first-order valence-electron chi connectivity index (χ1n) is 32.4. The molecule has 0 bridgehead atoms. The van der Waals surface area contributed by atoms with Crippen LogP contribution in [0.25, 0.3) is 0 Å². The topological polar surface area (TPSA) is 172 Å². The van der Waals surface area contributed by atoms with Crippen molar-refractivity contribution in [2.75, 3.05) is 65.8 Å². The molecule has 0 radical (unpaired) electrons. The molecule has 0 aromatic carbocycles. The predicted molar refractivity (Wildman–Crippen MR) is 329 cm³/mol. The Labute approximate surface area is 485 Å². The fourth-order valence-corrected chi connectivity index (χ4v) is 9.96. The molecular weight excluding hydrogens is 997 g/mol. The van der Waals surface area contributed by atoms with E-state index in [0.29, 0.717) is 65.8 Å². The van der Waals surface area contributed by atoms with Crippen molar-refractivity contribution >= 4 is 24.4 Å². The molecule has 0 rings (SSSR count). The summed E-state index contributed by atoms with van der Waals surface area (Å²) in [6.45, 7) is 16.9. The zero-order valence-corrected chi connectivity index (χ0v) is 50.6. The van der Waals surface area contributed by atoms with Crippen LogP contribution in [0.4, 0.5) is 19.2 Å². The lowest BCUT2D eigenvalue weighted by atomic mass is 9.78. The quantitative estimate of drug-likeness (QED) is 0.0261. The second-order valence-corrected chi connectivity index (χ2v) is 21.7. The number of carbonyl (C=O) groups excluding carboxylic acids is 4. The monoisotopic (exact) mass is 1120 g/mol. The Kier molecular flexibility index (Phi) is 63.5. The third-order valence-corrected chi connectivity index (χ3v) is 14.7. The second-order valence-electron chi connectivity index (χ2n) is 21.7. The molecule has 0 aromatic rings. The summed E-state index contributed by atoms with van der Waals surface area (Å²) < 4.78 is 31.3. The Morgan fingerprint density at radius 2 is 0.506 bits per heavy atom. The molecule has 0 aromatic heterocycles. The third-order valence-electron chi connectivity index (χ3n) is 14.7. The van der Waals surface area contributed by atoms with Crippen molar-refractivity contribution in [2.24, 2.45) is 11.8 Å². The molecule has 14 heteroatoms. The average molecular weight is 1120 g/mol. The minimum atomic E-state index is -0.375. The van der Waals surface area contributed by atoms with Crippen LogP contribution in [0.15, 0.2) is 25.7 Å². The number of unbranched alkanes of at least 4 members (excludes halogenated alkanes) is 30. The highest BCUT2D eigenvalue weighted by Gasteiger charge is 2.21. The van der Waals surface area contributed by atoms with Gasteiger partial charge < -0.3 is 49.7 Å². The number of alkyl carbamates (subject to hydrolysis) is 4. The molecule has 14 nitrogen and oxygen atoms in total. The van der Waals surface area contributed by atoms with Crippen molar-refractivity contribution in [3.05, 3.63) is 25.7 Å². The molecule has 0 aliphatic carbocycles. The molecule has 2 atom stereocenters. The summed E-state index contributed by atoms with van der Waals surface area (Å²) in [7, 11) is 0. The highest BCUT2D eigenvalue weighted by Crippen LogP contribution is 2.34. The maximum Gasteiger partial charge on any atom is 0.407 e. The molecule has 79 heavy (non-hydrogen) atoms. The average Bonchev–Trinajstić information content (AvgIpc) is 3.43. The molecule has 0 heterocycles. The van der Waals surface area contributed by atoms with E-state index in [-0.39, 0.29) is 31.8 Å². The van der Waals surface area contributed by atoms with E-state index in [2.05, 4.69) is 48.3 Å². The Morgan fingerprint density at radius 3 is 0.759 bits per heavy atom. The molecular formula is C65H126N4O10. The highest BCUT2D eigenvalue weighted by molar-refractivity contribution is 5.68. The molecule has 2 unspecified atom stereocenters. The Morgan fingerprint density at radius 1 is 0.304 bits per heavy atom. The number of hydrogen-bond donors (Lipinski definition) is 4. The summed E-state index contributed by atoms with van der Waals surface area (Å²) in [6.07, 6.45) is 51.2. The minimum absolute atomic E-state index is 0. The van der Waals surface area contributed by atoms with Gasteiger partial charge in [0.2, 0.25) is 0 Å². The number of nitrogens with one attached hydrogen (secondary N) is 4. The van der Waals surface area contributed by atoms with E-state index in [1.807, 2.05) is 0 Å². The van der Waals surface area contributed by atoms with Crippen molar-refractivity contribution < 1.29 is 47.6 Å². The van der Waals surface area contributed by atoms with Crippen molar-refractivity contribution in [1.82, 2.24) is 21.3 Å². The van der Waals surface area contributed by atoms with Gasteiger partial charge in [-0.1, -0.05) is 240 Å². The van der Waals surface area contributed by atoms with E-state index in [4.69, 9.17) is 28.4 Å². The van der Waals surface area contributed by atoms with Crippen molar-refractivity contribution in [3.8, 4) is 0 Å². The molecule has 4 amide bonds. The maximum atomic E-state index is 12.2. The number of ether oxygens (including phenoxy) is 6. The standard InChI is InChI=1S/C64H122N4O10.CH4/c1-5-9-11-13-21-31-45-59(47-33-23-17-15-19-29-39-55-75-61(69)65-49-35-25-27-37-51-67-63(71)77-57-43-41-53-73-7-3)60(46-32-22-14-12-10-6-2)48-34-24-18-16-20-30-40-56-76-62(70)66-50-36-26-28-38-52-68-64(72)78-58-44-42-54-74-8-4;/h7-8,59-60H,3-6,9-58H2,1-2H3,(H,65,69)(H,66,70)(H,67,71)(H,68,72);1H4. The lowest BCUT2D eigenvalue weighted by molar-refractivity contribution is 0.139. The SMILES string of the molecule is C.C=COCCCCOC(=O)NCCCCCCNC(=O)OCCCCCCCCCC(CCCCCCCC)C(CCCCCCCC)CCCCCCCCCOC(=O)NCCCCCCNC(=O)OCCCCOC=C. The van der Waals surface area contributed by atoms with Gasteiger partial charge in [-0.25, -0.2) is 19.2 Å². The lowest BCUT2D eigenvalue weighted by Crippen LogP contribution is -2.26. The van der Waals surface area contributed by atoms with E-state index in [1.165, 1.54) is 179 Å². The molecule has 4 N–H and O–H groups in total. The summed E-state index contributed by atoms with van der Waals surface area (Å²) in [5, 5.41) is 11.3. The van der Waals surface area contributed by atoms with Crippen LogP contribution in [0.3, 0.4) is 0 Å². The highest BCUT2D eigenvalue weighted by atomic mass is 16.6. The van der Waals surface area contributed by atoms with Gasteiger partial charge in [-0.15, -0.1) is 0 Å². The minimum Gasteiger partial charge on any atom is -0.502 e. The van der Waals surface area contributed by atoms with Crippen LogP contribution in [-0.2, 0) is 28.4 Å². The van der Waals surface area contributed by atoms with E-state index in [9.17, 15) is 19.2 Å². The van der Waals surface area contributed by atoms with Crippen molar-refractivity contribution in [1.29, 1.82) is 0 Å². The van der Waals surface area contributed by atoms with E-state index in [1.54, 1.807) is 0 Å². The Bertz CT molecular complexity index is 1240. The van der Waals surface area contributed by atoms with Gasteiger partial charge >= 0.3 is 24.4 Å². The van der Waals surface area contributed by atoms with E-state index < -0.39 is 0 Å².